The lowest BCUT2D eigenvalue weighted by atomic mass is 9.90. The summed E-state index contributed by atoms with van der Waals surface area (Å²) >= 11 is 0. The Bertz CT molecular complexity index is 847. The van der Waals surface area contributed by atoms with Crippen molar-refractivity contribution in [3.63, 3.8) is 0 Å². The maximum absolute atomic E-state index is 12.9. The molecule has 2 aromatic rings. The highest BCUT2D eigenvalue weighted by molar-refractivity contribution is 5.92. The molecule has 2 saturated heterocycles. The normalized spacial score (nSPS) is 21.5. The van der Waals surface area contributed by atoms with Crippen LogP contribution in [-0.2, 0) is 21.5 Å². The van der Waals surface area contributed by atoms with Crippen molar-refractivity contribution in [2.75, 3.05) is 26.3 Å². The molecule has 1 amide bonds. The van der Waals surface area contributed by atoms with Crippen LogP contribution in [0.4, 0.5) is 0 Å². The zero-order valence-electron chi connectivity index (χ0n) is 18.0. The van der Waals surface area contributed by atoms with Crippen molar-refractivity contribution in [2.45, 2.75) is 64.6 Å². The van der Waals surface area contributed by atoms with Crippen LogP contribution in [0.25, 0.3) is 0 Å². The van der Waals surface area contributed by atoms with Crippen molar-refractivity contribution < 1.29 is 18.8 Å². The van der Waals surface area contributed by atoms with E-state index in [1.807, 2.05) is 17.9 Å². The van der Waals surface area contributed by atoms with Gasteiger partial charge in [0, 0.05) is 44.8 Å². The second-order valence-corrected chi connectivity index (χ2v) is 8.56. The van der Waals surface area contributed by atoms with Gasteiger partial charge in [-0.05, 0) is 38.2 Å². The highest BCUT2D eigenvalue weighted by atomic mass is 16.5. The molecule has 0 bridgehead atoms. The number of aromatic nitrogens is 4. The minimum Gasteiger partial charge on any atom is -0.370 e. The average Bonchev–Trinajstić information content (AvgIpc) is 3.48. The Morgan fingerprint density at radius 3 is 2.87 bits per heavy atom. The van der Waals surface area contributed by atoms with Crippen LogP contribution >= 0.6 is 0 Å². The summed E-state index contributed by atoms with van der Waals surface area (Å²) in [6.07, 6.45) is 3.89. The number of nitrogens with one attached hydrogen (secondary N) is 1. The Balaban J connectivity index is 1.43. The van der Waals surface area contributed by atoms with Crippen molar-refractivity contribution in [1.82, 2.24) is 25.2 Å². The minimum absolute atomic E-state index is 0.0584. The molecule has 0 unspecified atom stereocenters. The van der Waals surface area contributed by atoms with Gasteiger partial charge in [-0.15, -0.1) is 0 Å². The molecule has 2 fully saturated rings. The van der Waals surface area contributed by atoms with E-state index >= 15 is 0 Å². The summed E-state index contributed by atoms with van der Waals surface area (Å²) in [7, 11) is 0. The van der Waals surface area contributed by atoms with Crippen LogP contribution in [0, 0.1) is 5.92 Å². The van der Waals surface area contributed by atoms with Gasteiger partial charge in [-0.2, -0.15) is 10.1 Å². The van der Waals surface area contributed by atoms with Gasteiger partial charge >= 0.3 is 0 Å². The fourth-order valence-corrected chi connectivity index (χ4v) is 4.28. The summed E-state index contributed by atoms with van der Waals surface area (Å²) in [5.41, 5.74) is 0.790. The minimum atomic E-state index is -0.663. The number of carbonyl (C=O) groups is 1. The molecular weight excluding hydrogens is 386 g/mol. The van der Waals surface area contributed by atoms with Crippen LogP contribution in [0.1, 0.15) is 80.5 Å². The lowest BCUT2D eigenvalue weighted by Crippen LogP contribution is -2.46. The number of rotatable bonds is 7. The molecule has 164 valence electrons. The van der Waals surface area contributed by atoms with E-state index in [0.29, 0.717) is 55.9 Å². The largest absolute Gasteiger partial charge is 0.370 e. The van der Waals surface area contributed by atoms with Gasteiger partial charge < -0.3 is 18.9 Å². The predicted molar refractivity (Wildman–Crippen MR) is 108 cm³/mol. The zero-order chi connectivity index (χ0) is 21.1. The molecule has 0 aliphatic carbocycles. The summed E-state index contributed by atoms with van der Waals surface area (Å²) in [5.74, 6) is 1.52. The van der Waals surface area contributed by atoms with Crippen LogP contribution in [0.5, 0.6) is 0 Å². The van der Waals surface area contributed by atoms with Crippen LogP contribution in [0.15, 0.2) is 10.6 Å². The lowest BCUT2D eigenvalue weighted by molar-refractivity contribution is -0.0991. The van der Waals surface area contributed by atoms with Crippen molar-refractivity contribution in [1.29, 1.82) is 0 Å². The number of ether oxygens (including phenoxy) is 2. The summed E-state index contributed by atoms with van der Waals surface area (Å²) in [6.45, 7) is 8.59. The average molecular weight is 418 g/mol. The van der Waals surface area contributed by atoms with Gasteiger partial charge in [0.05, 0.1) is 0 Å². The number of amides is 1. The molecular formula is C21H31N5O4. The van der Waals surface area contributed by atoms with Crippen LogP contribution in [-0.4, -0.2) is 57.4 Å². The highest BCUT2D eigenvalue weighted by Crippen LogP contribution is 2.37. The Morgan fingerprint density at radius 1 is 1.40 bits per heavy atom. The molecule has 0 radical (unpaired) electrons. The number of piperidine rings is 1. The third kappa shape index (κ3) is 4.27. The molecule has 2 aliphatic rings. The van der Waals surface area contributed by atoms with E-state index in [4.69, 9.17) is 14.0 Å². The molecule has 2 aromatic heterocycles. The zero-order valence-corrected chi connectivity index (χ0v) is 18.0. The second-order valence-electron chi connectivity index (χ2n) is 8.56. The van der Waals surface area contributed by atoms with E-state index in [1.54, 1.807) is 0 Å². The van der Waals surface area contributed by atoms with Gasteiger partial charge in [-0.3, -0.25) is 9.89 Å². The predicted octanol–water partition coefficient (Wildman–Crippen LogP) is 3.01. The number of H-pyrrole nitrogens is 1. The molecule has 0 aromatic carbocycles. The molecule has 0 saturated carbocycles. The van der Waals surface area contributed by atoms with Gasteiger partial charge in [-0.1, -0.05) is 19.0 Å². The Kier molecular flexibility index (Phi) is 6.19. The maximum Gasteiger partial charge on any atom is 0.274 e. The molecule has 1 N–H and O–H groups in total. The molecule has 4 heterocycles. The fraction of sp³-hybridized carbons (Fsp3) is 0.714. The number of hydrogen-bond acceptors (Lipinski definition) is 7. The first-order chi connectivity index (χ1) is 14.5. The monoisotopic (exact) mass is 417 g/mol. The van der Waals surface area contributed by atoms with Crippen molar-refractivity contribution >= 4 is 5.91 Å². The number of aromatic amines is 1. The van der Waals surface area contributed by atoms with Gasteiger partial charge in [0.2, 0.25) is 5.82 Å². The molecule has 0 spiro atoms. The Morgan fingerprint density at radius 2 is 2.20 bits per heavy atom. The van der Waals surface area contributed by atoms with Gasteiger partial charge in [0.15, 0.2) is 0 Å². The van der Waals surface area contributed by atoms with Crippen molar-refractivity contribution in [3.05, 3.63) is 29.2 Å². The topological polar surface area (TPSA) is 106 Å². The van der Waals surface area contributed by atoms with Gasteiger partial charge in [0.1, 0.15) is 17.4 Å². The SMILES string of the molecule is CCOC1(c2nc([C@H]3CCCO3)no2)CCN(C(=O)c2cc(CC(C)C)[nH]n2)CC1. The summed E-state index contributed by atoms with van der Waals surface area (Å²) < 4.78 is 17.4. The van der Waals surface area contributed by atoms with Crippen LogP contribution in [0.2, 0.25) is 0 Å². The second kappa shape index (κ2) is 8.85. The Labute approximate surface area is 176 Å². The van der Waals surface area contributed by atoms with Crippen molar-refractivity contribution in [2.24, 2.45) is 5.92 Å². The summed E-state index contributed by atoms with van der Waals surface area (Å²) in [5, 5.41) is 11.3. The third-order valence-electron chi connectivity index (χ3n) is 5.81. The van der Waals surface area contributed by atoms with Crippen LogP contribution < -0.4 is 0 Å². The quantitative estimate of drug-likeness (QED) is 0.738. The lowest BCUT2D eigenvalue weighted by Gasteiger charge is -2.38. The first-order valence-corrected chi connectivity index (χ1v) is 10.9. The third-order valence-corrected chi connectivity index (χ3v) is 5.81. The molecule has 2 aliphatic heterocycles. The number of likely N-dealkylation sites (tertiary alicyclic amines) is 1. The smallest absolute Gasteiger partial charge is 0.274 e. The van der Waals surface area contributed by atoms with Gasteiger partial charge in [0.25, 0.3) is 11.8 Å². The molecule has 30 heavy (non-hydrogen) atoms. The van der Waals surface area contributed by atoms with E-state index in [-0.39, 0.29) is 12.0 Å². The number of carbonyl (C=O) groups excluding carboxylic acids is 1. The summed E-state index contributed by atoms with van der Waals surface area (Å²) in [4.78, 5) is 19.4. The van der Waals surface area contributed by atoms with Crippen LogP contribution in [0.3, 0.4) is 0 Å². The van der Waals surface area contributed by atoms with E-state index in [1.165, 1.54) is 0 Å². The molecule has 4 rings (SSSR count). The molecule has 9 nitrogen and oxygen atoms in total. The number of hydrogen-bond donors (Lipinski definition) is 1. The fourth-order valence-electron chi connectivity index (χ4n) is 4.28. The van der Waals surface area contributed by atoms with Gasteiger partial charge in [-0.25, -0.2) is 0 Å². The van der Waals surface area contributed by atoms with E-state index in [9.17, 15) is 4.79 Å². The first kappa shape index (κ1) is 21.0. The standard InChI is InChI=1S/C21H31N5O4/c1-4-29-21(20-22-18(25-30-20)17-6-5-11-28-17)7-9-26(10-8-21)19(27)16-13-15(23-24-16)12-14(2)3/h13-14,17H,4-12H2,1-3H3,(H,23,24)/t17-/m1/s1. The first-order valence-electron chi connectivity index (χ1n) is 10.9. The maximum atomic E-state index is 12.9. The molecule has 9 heteroatoms. The number of nitrogens with zero attached hydrogens (tertiary/aromatic N) is 4. The van der Waals surface area contributed by atoms with E-state index in [2.05, 4.69) is 34.2 Å². The van der Waals surface area contributed by atoms with Crippen molar-refractivity contribution in [3.8, 4) is 0 Å². The van der Waals surface area contributed by atoms with E-state index < -0.39 is 5.60 Å². The summed E-state index contributed by atoms with van der Waals surface area (Å²) in [6, 6.07) is 1.86. The molecule has 1 atom stereocenters. The highest BCUT2D eigenvalue weighted by Gasteiger charge is 2.44. The van der Waals surface area contributed by atoms with E-state index in [0.717, 1.165) is 31.6 Å². The Hall–Kier alpha value is -2.26.